The molecule has 3 amide bonds. The Morgan fingerprint density at radius 2 is 2.00 bits per heavy atom. The smallest absolute Gasteiger partial charge is 0.403 e. The summed E-state index contributed by atoms with van der Waals surface area (Å²) in [6, 6.07) is 3.24. The number of hydrogen-bond donors (Lipinski definition) is 2. The normalized spacial score (nSPS) is 17.6. The molecule has 15 heteroatoms. The molecule has 0 unspecified atom stereocenters. The van der Waals surface area contributed by atoms with Crippen molar-refractivity contribution in [3.05, 3.63) is 47.7 Å². The van der Waals surface area contributed by atoms with Crippen molar-refractivity contribution in [3.63, 3.8) is 0 Å². The molecule has 0 spiro atoms. The van der Waals surface area contributed by atoms with Crippen molar-refractivity contribution in [1.82, 2.24) is 19.7 Å². The average molecular weight is 538 g/mol. The van der Waals surface area contributed by atoms with E-state index in [2.05, 4.69) is 20.1 Å². The lowest BCUT2D eigenvalue weighted by Gasteiger charge is -2.27. The zero-order valence-electron chi connectivity index (χ0n) is 20.1. The number of aryl methyl sites for hydroxylation is 1. The summed E-state index contributed by atoms with van der Waals surface area (Å²) in [6.07, 6.45) is -4.23. The lowest BCUT2D eigenvalue weighted by molar-refractivity contribution is -0.275. The van der Waals surface area contributed by atoms with Gasteiger partial charge >= 0.3 is 6.36 Å². The van der Waals surface area contributed by atoms with Crippen molar-refractivity contribution < 1.29 is 41.4 Å². The predicted molar refractivity (Wildman–Crippen MR) is 123 cm³/mol. The van der Waals surface area contributed by atoms with Crippen molar-refractivity contribution in [1.29, 1.82) is 0 Å². The fourth-order valence-electron chi connectivity index (χ4n) is 4.32. The lowest BCUT2D eigenvalue weighted by Crippen LogP contribution is -2.49. The first-order valence-electron chi connectivity index (χ1n) is 11.2. The van der Waals surface area contributed by atoms with Gasteiger partial charge in [0.2, 0.25) is 11.8 Å². The molecule has 3 N–H and O–H groups in total. The molecule has 38 heavy (non-hydrogen) atoms. The van der Waals surface area contributed by atoms with Crippen LogP contribution in [-0.2, 0) is 20.9 Å². The second kappa shape index (κ2) is 10.2. The number of primary amides is 1. The maximum Gasteiger partial charge on any atom is 0.573 e. The Labute approximate surface area is 212 Å². The largest absolute Gasteiger partial charge is 0.573 e. The number of carbonyl (C=O) groups is 3. The first-order valence-corrected chi connectivity index (χ1v) is 11.2. The van der Waals surface area contributed by atoms with Crippen molar-refractivity contribution in [2.75, 3.05) is 19.0 Å². The summed E-state index contributed by atoms with van der Waals surface area (Å²) in [6.45, 7) is 1.41. The molecule has 0 aliphatic carbocycles. The highest BCUT2D eigenvalue weighted by molar-refractivity contribution is 6.04. The van der Waals surface area contributed by atoms with Crippen molar-refractivity contribution in [2.45, 2.75) is 38.4 Å². The molecule has 0 saturated carbocycles. The van der Waals surface area contributed by atoms with Gasteiger partial charge in [0.15, 0.2) is 17.3 Å². The van der Waals surface area contributed by atoms with E-state index >= 15 is 0 Å². The van der Waals surface area contributed by atoms with Crippen LogP contribution in [0.3, 0.4) is 0 Å². The molecule has 1 saturated heterocycles. The number of ether oxygens (including phenoxy) is 2. The summed E-state index contributed by atoms with van der Waals surface area (Å²) in [5.41, 5.74) is 5.76. The SMILES string of the molecule is CO[C@@H]1CCN(C(=O)Cn2nc(C(N)=O)c3cc(C)ncc32)[C@@H]1C(=O)Nc1cccc(OC(F)(F)F)c1F. The Balaban J connectivity index is 1.58. The van der Waals surface area contributed by atoms with Crippen molar-refractivity contribution in [3.8, 4) is 5.75 Å². The van der Waals surface area contributed by atoms with Crippen LogP contribution in [-0.4, -0.2) is 69.5 Å². The van der Waals surface area contributed by atoms with Crippen LogP contribution in [0.1, 0.15) is 22.6 Å². The van der Waals surface area contributed by atoms with E-state index < -0.39 is 60.0 Å². The van der Waals surface area contributed by atoms with Gasteiger partial charge in [-0.05, 0) is 31.5 Å². The number of anilines is 1. The number of rotatable bonds is 7. The number of nitrogens with two attached hydrogens (primary N) is 1. The summed E-state index contributed by atoms with van der Waals surface area (Å²) < 4.78 is 62.5. The number of aromatic nitrogens is 3. The Bertz CT molecular complexity index is 1410. The predicted octanol–water partition coefficient (Wildman–Crippen LogP) is 2.13. The number of pyridine rings is 1. The molecular formula is C23H22F4N6O5. The van der Waals surface area contributed by atoms with E-state index in [9.17, 15) is 31.9 Å². The number of benzene rings is 1. The van der Waals surface area contributed by atoms with Crippen LogP contribution in [0.25, 0.3) is 10.9 Å². The molecule has 11 nitrogen and oxygen atoms in total. The van der Waals surface area contributed by atoms with Crippen LogP contribution >= 0.6 is 0 Å². The molecule has 2 atom stereocenters. The maximum absolute atomic E-state index is 14.6. The van der Waals surface area contributed by atoms with E-state index in [4.69, 9.17) is 10.5 Å². The van der Waals surface area contributed by atoms with Crippen LogP contribution in [0.5, 0.6) is 5.75 Å². The van der Waals surface area contributed by atoms with Gasteiger partial charge in [0.1, 0.15) is 12.6 Å². The van der Waals surface area contributed by atoms with Crippen LogP contribution < -0.4 is 15.8 Å². The molecule has 0 radical (unpaired) electrons. The summed E-state index contributed by atoms with van der Waals surface area (Å²) in [5, 5.41) is 6.76. The number of carbonyl (C=O) groups excluding carboxylic acids is 3. The van der Waals surface area contributed by atoms with E-state index in [1.54, 1.807) is 13.0 Å². The quantitative estimate of drug-likeness (QED) is 0.439. The van der Waals surface area contributed by atoms with Crippen molar-refractivity contribution in [2.24, 2.45) is 5.73 Å². The highest BCUT2D eigenvalue weighted by Gasteiger charge is 2.43. The fourth-order valence-corrected chi connectivity index (χ4v) is 4.32. The van der Waals surface area contributed by atoms with Crippen molar-refractivity contribution >= 4 is 34.3 Å². The second-order valence-corrected chi connectivity index (χ2v) is 8.46. The fraction of sp³-hybridized carbons (Fsp3) is 0.348. The molecule has 1 aliphatic rings. The third kappa shape index (κ3) is 5.37. The van der Waals surface area contributed by atoms with Gasteiger partial charge in [0, 0.05) is 24.7 Å². The summed E-state index contributed by atoms with van der Waals surface area (Å²) in [7, 11) is 1.32. The Morgan fingerprint density at radius 3 is 2.66 bits per heavy atom. The van der Waals surface area contributed by atoms with E-state index in [1.165, 1.54) is 22.9 Å². The molecule has 1 aromatic carbocycles. The Kier molecular flexibility index (Phi) is 7.22. The maximum atomic E-state index is 14.6. The van der Waals surface area contributed by atoms with Crippen LogP contribution in [0.4, 0.5) is 23.2 Å². The third-order valence-corrected chi connectivity index (χ3v) is 5.97. The third-order valence-electron chi connectivity index (χ3n) is 5.97. The number of nitrogens with zero attached hydrogens (tertiary/aromatic N) is 4. The monoisotopic (exact) mass is 538 g/mol. The van der Waals surface area contributed by atoms with Gasteiger partial charge in [-0.2, -0.15) is 5.10 Å². The Morgan fingerprint density at radius 1 is 1.26 bits per heavy atom. The van der Waals surface area contributed by atoms with Crippen LogP contribution in [0.2, 0.25) is 0 Å². The van der Waals surface area contributed by atoms with Gasteiger partial charge < -0.3 is 25.4 Å². The molecule has 3 aromatic rings. The van der Waals surface area contributed by atoms with E-state index in [0.717, 1.165) is 18.2 Å². The highest BCUT2D eigenvalue weighted by Crippen LogP contribution is 2.31. The standard InChI is InChI=1S/C23H22F4N6O5/c1-11-8-12-14(9-29-11)33(31-19(12)21(28)35)10-17(34)32-7-6-16(37-2)20(32)22(36)30-13-4-3-5-15(18(13)24)38-23(25,26)27/h3-5,8-9,16,20H,6-7,10H2,1-2H3,(H2,28,35)(H,30,36)/t16-,20+/m1/s1. The number of hydrogen-bond acceptors (Lipinski definition) is 7. The Hall–Kier alpha value is -4.27. The van der Waals surface area contributed by atoms with E-state index in [0.29, 0.717) is 16.6 Å². The van der Waals surface area contributed by atoms with Gasteiger partial charge in [0.25, 0.3) is 5.91 Å². The minimum Gasteiger partial charge on any atom is -0.403 e. The summed E-state index contributed by atoms with van der Waals surface area (Å²) in [5.74, 6) is -4.83. The molecule has 3 heterocycles. The molecule has 202 valence electrons. The molecule has 1 fully saturated rings. The van der Waals surface area contributed by atoms with Gasteiger partial charge in [-0.3, -0.25) is 24.0 Å². The first kappa shape index (κ1) is 26.8. The van der Waals surface area contributed by atoms with Gasteiger partial charge in [-0.1, -0.05) is 6.07 Å². The molecular weight excluding hydrogens is 516 g/mol. The molecule has 2 aromatic heterocycles. The number of fused-ring (bicyclic) bond motifs is 1. The van der Waals surface area contributed by atoms with Gasteiger partial charge in [-0.15, -0.1) is 13.2 Å². The zero-order valence-corrected chi connectivity index (χ0v) is 20.1. The van der Waals surface area contributed by atoms with E-state index in [-0.39, 0.29) is 18.7 Å². The summed E-state index contributed by atoms with van der Waals surface area (Å²) >= 11 is 0. The van der Waals surface area contributed by atoms with E-state index in [1.807, 2.05) is 0 Å². The summed E-state index contributed by atoms with van der Waals surface area (Å²) in [4.78, 5) is 43.6. The zero-order chi connectivity index (χ0) is 27.8. The number of amides is 3. The first-order chi connectivity index (χ1) is 17.9. The number of halogens is 4. The average Bonchev–Trinajstić information content (AvgIpc) is 3.42. The topological polar surface area (TPSA) is 142 Å². The molecule has 0 bridgehead atoms. The van der Waals surface area contributed by atoms with Crippen LogP contribution in [0, 0.1) is 12.7 Å². The minimum absolute atomic E-state index is 0.0554. The minimum atomic E-state index is -5.14. The van der Waals surface area contributed by atoms with Gasteiger partial charge in [-0.25, -0.2) is 4.39 Å². The number of methoxy groups -OCH3 is 1. The number of nitrogens with one attached hydrogen (secondary N) is 1. The van der Waals surface area contributed by atoms with Crippen LogP contribution in [0.15, 0.2) is 30.5 Å². The number of alkyl halides is 3. The lowest BCUT2D eigenvalue weighted by atomic mass is 10.1. The molecule has 1 aliphatic heterocycles. The van der Waals surface area contributed by atoms with Gasteiger partial charge in [0.05, 0.1) is 23.5 Å². The highest BCUT2D eigenvalue weighted by atomic mass is 19.4. The number of likely N-dealkylation sites (tertiary alicyclic amines) is 1. The molecule has 4 rings (SSSR count). The second-order valence-electron chi connectivity index (χ2n) is 8.46.